The molecule has 0 radical (unpaired) electrons. The number of carbonyl (C=O) groups excluding carboxylic acids is 1. The molecule has 6 unspecified atom stereocenters. The fourth-order valence-electron chi connectivity index (χ4n) is 11.7. The van der Waals surface area contributed by atoms with Crippen LogP contribution in [0.15, 0.2) is 0 Å². The lowest BCUT2D eigenvalue weighted by molar-refractivity contribution is -0.148. The quantitative estimate of drug-likeness (QED) is 0.597. The predicted molar refractivity (Wildman–Crippen MR) is 117 cm³/mol. The molecule has 168 valence electrons. The Balaban J connectivity index is 1.37. The van der Waals surface area contributed by atoms with E-state index >= 15 is 0 Å². The van der Waals surface area contributed by atoms with Crippen molar-refractivity contribution >= 4 is 6.29 Å². The van der Waals surface area contributed by atoms with Gasteiger partial charge in [-0.2, -0.15) is 0 Å². The van der Waals surface area contributed by atoms with Crippen LogP contribution in [0.4, 0.5) is 0 Å². The highest BCUT2D eigenvalue weighted by molar-refractivity contribution is 5.56. The smallest absolute Gasteiger partial charge is 0.148 e. The summed E-state index contributed by atoms with van der Waals surface area (Å²) in [5, 5.41) is 10.9. The van der Waals surface area contributed by atoms with Crippen molar-refractivity contribution in [3.63, 3.8) is 0 Å². The fourth-order valence-corrected chi connectivity index (χ4v) is 11.7. The van der Waals surface area contributed by atoms with E-state index in [1.165, 1.54) is 38.5 Å². The van der Waals surface area contributed by atoms with Crippen LogP contribution in [0.3, 0.4) is 0 Å². The second kappa shape index (κ2) is 5.93. The molecule has 0 aromatic heterocycles. The molecule has 12 atom stereocenters. The van der Waals surface area contributed by atoms with E-state index in [1.807, 2.05) is 0 Å². The van der Waals surface area contributed by atoms with Crippen molar-refractivity contribution in [1.82, 2.24) is 0 Å². The third-order valence-corrected chi connectivity index (χ3v) is 12.7. The second-order valence-corrected chi connectivity index (χ2v) is 13.4. The minimum absolute atomic E-state index is 0.0558. The van der Waals surface area contributed by atoms with Gasteiger partial charge in [0.15, 0.2) is 0 Å². The van der Waals surface area contributed by atoms with Crippen LogP contribution in [0.5, 0.6) is 0 Å². The average molecular weight is 415 g/mol. The Morgan fingerprint density at radius 1 is 0.933 bits per heavy atom. The van der Waals surface area contributed by atoms with Crippen LogP contribution >= 0.6 is 0 Å². The van der Waals surface area contributed by atoms with E-state index in [-0.39, 0.29) is 17.6 Å². The number of aliphatic hydroxyl groups is 1. The van der Waals surface area contributed by atoms with Gasteiger partial charge >= 0.3 is 0 Å². The molecule has 6 aliphatic rings. The van der Waals surface area contributed by atoms with Gasteiger partial charge < -0.3 is 14.6 Å². The molecule has 30 heavy (non-hydrogen) atoms. The molecule has 0 amide bonds. The molecule has 6 fully saturated rings. The van der Waals surface area contributed by atoms with E-state index in [9.17, 15) is 9.90 Å². The minimum Gasteiger partial charge on any atom is -0.393 e. The van der Waals surface area contributed by atoms with Crippen molar-refractivity contribution in [3.8, 4) is 0 Å². The number of ether oxygens (including phenoxy) is 1. The van der Waals surface area contributed by atoms with Gasteiger partial charge in [0.05, 0.1) is 12.2 Å². The van der Waals surface area contributed by atoms with E-state index in [2.05, 4.69) is 34.6 Å². The molecule has 1 heterocycles. The first-order valence-corrected chi connectivity index (χ1v) is 12.9. The molecule has 5 saturated carbocycles. The van der Waals surface area contributed by atoms with Gasteiger partial charge in [0.2, 0.25) is 0 Å². The van der Waals surface area contributed by atoms with Gasteiger partial charge in [-0.25, -0.2) is 0 Å². The van der Waals surface area contributed by atoms with Crippen molar-refractivity contribution in [2.75, 3.05) is 0 Å². The van der Waals surface area contributed by atoms with E-state index in [1.54, 1.807) is 0 Å². The Morgan fingerprint density at radius 2 is 1.70 bits per heavy atom. The molecular weight excluding hydrogens is 372 g/mol. The topological polar surface area (TPSA) is 46.5 Å². The molecule has 6 rings (SSSR count). The summed E-state index contributed by atoms with van der Waals surface area (Å²) in [6.07, 6.45) is 10.8. The Hall–Kier alpha value is -0.410. The van der Waals surface area contributed by atoms with Crippen LogP contribution in [-0.2, 0) is 9.53 Å². The summed E-state index contributed by atoms with van der Waals surface area (Å²) in [7, 11) is 0. The summed E-state index contributed by atoms with van der Waals surface area (Å²) in [4.78, 5) is 11.5. The maximum Gasteiger partial charge on any atom is 0.148 e. The first-order chi connectivity index (χ1) is 14.1. The standard InChI is InChI=1S/C27H42O3/c1-15-12-17(14-28)30-20-13-19-18-6-7-21-24(3,4)22(29)8-9-27(21)16(2)26(18,27)11-10-25(19,5)23(15)20/h14-23,29H,6-13H2,1-5H3/t15-,16+,17?,18?,19?,20?,21?,22+,23?,25+,26+,27-/m1/s1. The lowest BCUT2D eigenvalue weighted by atomic mass is 9.46. The van der Waals surface area contributed by atoms with Crippen molar-refractivity contribution in [3.05, 3.63) is 0 Å². The molecule has 0 aromatic carbocycles. The second-order valence-electron chi connectivity index (χ2n) is 13.4. The molecule has 1 aliphatic heterocycles. The van der Waals surface area contributed by atoms with Crippen LogP contribution in [0.25, 0.3) is 0 Å². The van der Waals surface area contributed by atoms with Crippen molar-refractivity contribution in [1.29, 1.82) is 0 Å². The number of hydrogen-bond donors (Lipinski definition) is 1. The average Bonchev–Trinajstić information content (AvgIpc) is 3.07. The van der Waals surface area contributed by atoms with Crippen molar-refractivity contribution in [2.24, 2.45) is 57.2 Å². The third-order valence-electron chi connectivity index (χ3n) is 12.7. The van der Waals surface area contributed by atoms with E-state index in [0.29, 0.717) is 40.1 Å². The Morgan fingerprint density at radius 3 is 2.43 bits per heavy atom. The van der Waals surface area contributed by atoms with Crippen LogP contribution in [0.1, 0.15) is 86.0 Å². The van der Waals surface area contributed by atoms with Crippen molar-refractivity contribution in [2.45, 2.75) is 104 Å². The maximum absolute atomic E-state index is 11.5. The number of aliphatic hydroxyl groups excluding tert-OH is 1. The zero-order valence-corrected chi connectivity index (χ0v) is 19.7. The van der Waals surface area contributed by atoms with Crippen LogP contribution < -0.4 is 0 Å². The van der Waals surface area contributed by atoms with E-state index in [0.717, 1.165) is 36.9 Å². The van der Waals surface area contributed by atoms with Crippen LogP contribution in [0, 0.1) is 57.2 Å². The molecule has 2 spiro atoms. The number of aldehydes is 1. The lowest BCUT2D eigenvalue weighted by Crippen LogP contribution is -2.54. The predicted octanol–water partition coefficient (Wildman–Crippen LogP) is 5.24. The molecule has 0 bridgehead atoms. The highest BCUT2D eigenvalue weighted by Gasteiger charge is 2.84. The van der Waals surface area contributed by atoms with Gasteiger partial charge in [0.1, 0.15) is 12.4 Å². The zero-order valence-electron chi connectivity index (χ0n) is 19.7. The van der Waals surface area contributed by atoms with Gasteiger partial charge in [-0.05, 0) is 109 Å². The summed E-state index contributed by atoms with van der Waals surface area (Å²) in [5.41, 5.74) is 1.43. The van der Waals surface area contributed by atoms with Crippen LogP contribution in [0.2, 0.25) is 0 Å². The summed E-state index contributed by atoms with van der Waals surface area (Å²) in [6.45, 7) is 12.3. The molecule has 1 N–H and O–H groups in total. The monoisotopic (exact) mass is 414 g/mol. The summed E-state index contributed by atoms with van der Waals surface area (Å²) in [5.74, 6) is 4.29. The number of carbonyl (C=O) groups is 1. The first kappa shape index (κ1) is 20.2. The van der Waals surface area contributed by atoms with E-state index in [4.69, 9.17) is 4.74 Å². The third kappa shape index (κ3) is 2.01. The van der Waals surface area contributed by atoms with E-state index < -0.39 is 0 Å². The maximum atomic E-state index is 11.5. The molecule has 1 saturated heterocycles. The number of fused-ring (bicyclic) bond motifs is 4. The summed E-state index contributed by atoms with van der Waals surface area (Å²) < 4.78 is 6.39. The Bertz CT molecular complexity index is 761. The van der Waals surface area contributed by atoms with Gasteiger partial charge in [0, 0.05) is 0 Å². The highest BCUT2D eigenvalue weighted by atomic mass is 16.5. The molecule has 3 heteroatoms. The van der Waals surface area contributed by atoms with Gasteiger partial charge in [-0.3, -0.25) is 0 Å². The SMILES string of the molecule is C[C@@H]1CC(C=O)OC2CC3C4CCC5C(C)(C)[C@@H](O)CC[C@@]56[C@@H](C)[C@@]46CC[C@]3(C)C21. The molecular formula is C27H42O3. The number of hydrogen-bond acceptors (Lipinski definition) is 3. The highest BCUT2D eigenvalue weighted by Crippen LogP contribution is 2.89. The summed E-state index contributed by atoms with van der Waals surface area (Å²) >= 11 is 0. The van der Waals surface area contributed by atoms with Crippen molar-refractivity contribution < 1.29 is 14.6 Å². The molecule has 0 aromatic rings. The normalized spacial score (nSPS) is 62.9. The Kier molecular flexibility index (Phi) is 3.99. The van der Waals surface area contributed by atoms with Gasteiger partial charge in [0.25, 0.3) is 0 Å². The zero-order chi connectivity index (χ0) is 21.3. The number of rotatable bonds is 1. The fraction of sp³-hybridized carbons (Fsp3) is 0.963. The lowest BCUT2D eigenvalue weighted by Gasteiger charge is -2.59. The molecule has 5 aliphatic carbocycles. The largest absolute Gasteiger partial charge is 0.393 e. The first-order valence-electron chi connectivity index (χ1n) is 12.9. The minimum atomic E-state index is -0.179. The Labute approximate surface area is 182 Å². The van der Waals surface area contributed by atoms with Gasteiger partial charge in [-0.15, -0.1) is 0 Å². The van der Waals surface area contributed by atoms with Gasteiger partial charge in [-0.1, -0.05) is 34.6 Å². The van der Waals surface area contributed by atoms with Crippen LogP contribution in [-0.4, -0.2) is 29.7 Å². The summed E-state index contributed by atoms with van der Waals surface area (Å²) in [6, 6.07) is 0. The molecule has 3 nitrogen and oxygen atoms in total.